The van der Waals surface area contributed by atoms with Crippen molar-refractivity contribution in [2.45, 2.75) is 32.2 Å². The van der Waals surface area contributed by atoms with Crippen LogP contribution in [0.1, 0.15) is 36.4 Å². The van der Waals surface area contributed by atoms with Gasteiger partial charge in [-0.25, -0.2) is 4.98 Å². The van der Waals surface area contributed by atoms with Crippen molar-refractivity contribution in [2.75, 3.05) is 18.4 Å². The number of amides is 2. The number of aromatic hydroxyl groups is 1. The average molecular weight is 561 g/mol. The molecule has 0 saturated carbocycles. The van der Waals surface area contributed by atoms with E-state index in [1.807, 2.05) is 19.1 Å². The second-order valence-corrected chi connectivity index (χ2v) is 8.28. The summed E-state index contributed by atoms with van der Waals surface area (Å²) in [5, 5.41) is 38.5. The molecular weight excluding hydrogens is 537 g/mol. The quantitative estimate of drug-likeness (QED) is 0.112. The van der Waals surface area contributed by atoms with Crippen LogP contribution >= 0.6 is 15.9 Å². The number of carbonyl (C=O) groups excluding carboxylic acids is 2. The van der Waals surface area contributed by atoms with Crippen LogP contribution in [0.3, 0.4) is 0 Å². The second-order valence-electron chi connectivity index (χ2n) is 7.36. The standard InChI is InChI=1S/C21H24BrN5O7.Na/c1-12-4-6-24-17(7-12)23-5-2-3-18(28)25-11-19(29)26-15(10-20(30)31)14-8-13(22)9-16(21(14)32)27(33)34;/h4,6-9,15,32H,2-3,5,10-11H2,1H3,(H,23,24)(H,25,28)(H,26,29)(H,30,31);. The van der Waals surface area contributed by atoms with Crippen molar-refractivity contribution < 1.29 is 29.5 Å². The van der Waals surface area contributed by atoms with E-state index in [9.17, 15) is 34.7 Å². The van der Waals surface area contributed by atoms with Crippen LogP contribution in [0.25, 0.3) is 0 Å². The molecule has 35 heavy (non-hydrogen) atoms. The number of halogens is 1. The van der Waals surface area contributed by atoms with Crippen LogP contribution in [0.5, 0.6) is 5.75 Å². The maximum Gasteiger partial charge on any atom is 0.312 e. The Balaban J connectivity index is 0.00000612. The van der Waals surface area contributed by atoms with Gasteiger partial charge in [-0.05, 0) is 37.1 Å². The largest absolute Gasteiger partial charge is 0.502 e. The molecule has 1 aromatic heterocycles. The van der Waals surface area contributed by atoms with E-state index >= 15 is 0 Å². The first-order chi connectivity index (χ1) is 16.1. The number of aryl methyl sites for hydroxylation is 1. The minimum absolute atomic E-state index is 0. The van der Waals surface area contributed by atoms with E-state index in [-0.39, 0.29) is 51.9 Å². The summed E-state index contributed by atoms with van der Waals surface area (Å²) in [7, 11) is 0. The molecule has 1 radical (unpaired) electrons. The zero-order valence-electron chi connectivity index (χ0n) is 19.2. The molecule has 2 amide bonds. The number of hydrogen-bond donors (Lipinski definition) is 5. The molecule has 0 fully saturated rings. The molecule has 0 aliphatic heterocycles. The Morgan fingerprint density at radius 1 is 1.23 bits per heavy atom. The molecule has 183 valence electrons. The van der Waals surface area contributed by atoms with Gasteiger partial charge in [-0.1, -0.05) is 15.9 Å². The van der Waals surface area contributed by atoms with Crippen LogP contribution in [0.15, 0.2) is 34.9 Å². The molecule has 0 bridgehead atoms. The summed E-state index contributed by atoms with van der Waals surface area (Å²) >= 11 is 3.07. The number of nitrogens with one attached hydrogen (secondary N) is 3. The first kappa shape index (κ1) is 30.3. The Kier molecular flexibility index (Phi) is 12.6. The van der Waals surface area contributed by atoms with Crippen molar-refractivity contribution in [1.82, 2.24) is 15.6 Å². The Morgan fingerprint density at radius 2 is 1.94 bits per heavy atom. The summed E-state index contributed by atoms with van der Waals surface area (Å²) in [6.07, 6.45) is 1.66. The monoisotopic (exact) mass is 560 g/mol. The normalized spacial score (nSPS) is 11.0. The number of rotatable bonds is 12. The number of aromatic nitrogens is 1. The predicted molar refractivity (Wildman–Crippen MR) is 131 cm³/mol. The third-order valence-corrected chi connectivity index (χ3v) is 5.08. The van der Waals surface area contributed by atoms with Gasteiger partial charge in [-0.2, -0.15) is 0 Å². The molecule has 12 nitrogen and oxygen atoms in total. The number of nitro groups is 1. The molecular formula is C21H24BrN5NaO7. The van der Waals surface area contributed by atoms with Gasteiger partial charge in [0.25, 0.3) is 0 Å². The number of phenols is 1. The Labute approximate surface area is 231 Å². The maximum absolute atomic E-state index is 12.3. The van der Waals surface area contributed by atoms with Crippen molar-refractivity contribution in [1.29, 1.82) is 0 Å². The number of nitrogens with zero attached hydrogens (tertiary/aromatic N) is 2. The minimum atomic E-state index is -1.30. The number of phenolic OH excluding ortho intramolecular Hbond substituents is 1. The molecule has 1 unspecified atom stereocenters. The van der Waals surface area contributed by atoms with Gasteiger partial charge in [-0.15, -0.1) is 0 Å². The van der Waals surface area contributed by atoms with Crippen LogP contribution < -0.4 is 16.0 Å². The summed E-state index contributed by atoms with van der Waals surface area (Å²) in [6.45, 7) is 2.00. The number of benzene rings is 1. The maximum atomic E-state index is 12.3. The van der Waals surface area contributed by atoms with Crippen LogP contribution in [0, 0.1) is 17.0 Å². The summed E-state index contributed by atoms with van der Waals surface area (Å²) in [4.78, 5) is 50.0. The van der Waals surface area contributed by atoms with Crippen LogP contribution in [0.2, 0.25) is 0 Å². The SMILES string of the molecule is Cc1ccnc(NCCCC(=O)NCC(=O)NC(CC(=O)O)c2cc(Br)cc([N+](=O)[O-])c2O)c1.[Na]. The summed E-state index contributed by atoms with van der Waals surface area (Å²) in [6, 6.07) is 4.82. The smallest absolute Gasteiger partial charge is 0.312 e. The van der Waals surface area contributed by atoms with Crippen molar-refractivity contribution in [3.63, 3.8) is 0 Å². The van der Waals surface area contributed by atoms with Gasteiger partial charge < -0.3 is 26.2 Å². The number of nitro benzene ring substituents is 1. The number of hydrogen-bond acceptors (Lipinski definition) is 8. The number of carboxylic acid groups (broad SMARTS) is 1. The van der Waals surface area contributed by atoms with E-state index < -0.39 is 47.2 Å². The van der Waals surface area contributed by atoms with Crippen LogP contribution in [0.4, 0.5) is 11.5 Å². The molecule has 2 aromatic rings. The van der Waals surface area contributed by atoms with Crippen molar-refractivity contribution in [2.24, 2.45) is 0 Å². The molecule has 1 aromatic carbocycles. The van der Waals surface area contributed by atoms with Gasteiger partial charge >= 0.3 is 11.7 Å². The van der Waals surface area contributed by atoms with E-state index in [0.717, 1.165) is 11.6 Å². The van der Waals surface area contributed by atoms with Gasteiger partial charge in [0.15, 0.2) is 5.75 Å². The van der Waals surface area contributed by atoms with Crippen LogP contribution in [-0.4, -0.2) is 80.6 Å². The van der Waals surface area contributed by atoms with Gasteiger partial charge in [0.1, 0.15) is 5.82 Å². The number of carboxylic acids is 1. The molecule has 1 heterocycles. The van der Waals surface area contributed by atoms with Gasteiger partial charge in [-0.3, -0.25) is 24.5 Å². The fraction of sp³-hybridized carbons (Fsp3) is 0.333. The summed E-state index contributed by atoms with van der Waals surface area (Å²) in [5.41, 5.74) is 0.268. The molecule has 14 heteroatoms. The van der Waals surface area contributed by atoms with Crippen molar-refractivity contribution >= 4 is 74.8 Å². The first-order valence-corrected chi connectivity index (χ1v) is 11.0. The zero-order valence-corrected chi connectivity index (χ0v) is 22.8. The molecule has 0 aliphatic carbocycles. The molecule has 0 saturated heterocycles. The fourth-order valence-electron chi connectivity index (χ4n) is 3.03. The molecule has 0 spiro atoms. The van der Waals surface area contributed by atoms with Gasteiger partial charge in [0, 0.05) is 64.8 Å². The summed E-state index contributed by atoms with van der Waals surface area (Å²) < 4.78 is 0.222. The van der Waals surface area contributed by atoms with Gasteiger partial charge in [0.2, 0.25) is 11.8 Å². The van der Waals surface area contributed by atoms with E-state index in [0.29, 0.717) is 18.8 Å². The molecule has 0 aliphatic rings. The Bertz CT molecular complexity index is 1090. The number of pyridine rings is 1. The average Bonchev–Trinajstić information content (AvgIpc) is 2.75. The van der Waals surface area contributed by atoms with E-state index in [4.69, 9.17) is 0 Å². The number of aliphatic carboxylic acids is 1. The molecule has 5 N–H and O–H groups in total. The zero-order chi connectivity index (χ0) is 25.3. The third kappa shape index (κ3) is 10.2. The van der Waals surface area contributed by atoms with Crippen LogP contribution in [-0.2, 0) is 14.4 Å². The fourth-order valence-corrected chi connectivity index (χ4v) is 3.50. The Morgan fingerprint density at radius 3 is 2.57 bits per heavy atom. The van der Waals surface area contributed by atoms with Gasteiger partial charge in [0.05, 0.1) is 23.9 Å². The first-order valence-electron chi connectivity index (χ1n) is 10.2. The molecule has 2 rings (SSSR count). The Hall–Kier alpha value is -2.74. The number of anilines is 1. The third-order valence-electron chi connectivity index (χ3n) is 4.62. The van der Waals surface area contributed by atoms with E-state index in [1.165, 1.54) is 6.07 Å². The number of carbonyl (C=O) groups is 3. The topological polar surface area (TPSA) is 184 Å². The predicted octanol–water partition coefficient (Wildman–Crippen LogP) is 2.03. The summed E-state index contributed by atoms with van der Waals surface area (Å²) in [5.74, 6) is -2.46. The van der Waals surface area contributed by atoms with E-state index in [1.54, 1.807) is 6.20 Å². The van der Waals surface area contributed by atoms with Crippen molar-refractivity contribution in [3.8, 4) is 5.75 Å². The molecule has 1 atom stereocenters. The minimum Gasteiger partial charge on any atom is -0.502 e. The van der Waals surface area contributed by atoms with E-state index in [2.05, 4.69) is 36.9 Å². The second kappa shape index (κ2) is 14.6. The van der Waals surface area contributed by atoms with Crippen molar-refractivity contribution in [3.05, 3.63) is 56.2 Å².